The average Bonchev–Trinajstić information content (AvgIpc) is 2.01. The number of methoxy groups -OCH3 is 1. The second kappa shape index (κ2) is 5.98. The molecule has 0 bridgehead atoms. The molecule has 14 heavy (non-hydrogen) atoms. The summed E-state index contributed by atoms with van der Waals surface area (Å²) in [5.41, 5.74) is 0. The van der Waals surface area contributed by atoms with Gasteiger partial charge in [0.1, 0.15) is 0 Å². The molecule has 0 saturated heterocycles. The van der Waals surface area contributed by atoms with Crippen LogP contribution < -0.4 is 0 Å². The maximum absolute atomic E-state index is 11.1. The van der Waals surface area contributed by atoms with Gasteiger partial charge in [-0.2, -0.15) is 0 Å². The molecule has 0 unspecified atom stereocenters. The second-order valence-corrected chi connectivity index (χ2v) is 8.54. The summed E-state index contributed by atoms with van der Waals surface area (Å²) >= 11 is 0. The number of esters is 1. The van der Waals surface area contributed by atoms with Crippen LogP contribution in [0.1, 0.15) is 13.3 Å². The van der Waals surface area contributed by atoms with E-state index in [2.05, 4.69) is 24.4 Å². The summed E-state index contributed by atoms with van der Waals surface area (Å²) in [5, 5.41) is 0. The molecule has 0 saturated carbocycles. The van der Waals surface area contributed by atoms with Gasteiger partial charge in [0.05, 0.1) is 19.6 Å². The molecule has 4 heteroatoms. The Hall–Kier alpha value is -0.613. The summed E-state index contributed by atoms with van der Waals surface area (Å²) < 4.78 is 10.4. The number of carbonyl (C=O) groups is 1. The number of ether oxygens (including phenoxy) is 1. The van der Waals surface area contributed by atoms with Gasteiger partial charge in [-0.1, -0.05) is 12.2 Å². The molecule has 0 fully saturated rings. The fourth-order valence-corrected chi connectivity index (χ4v) is 2.14. The largest absolute Gasteiger partial charge is 0.469 e. The minimum atomic E-state index is -1.60. The molecule has 0 aromatic heterocycles. The Morgan fingerprint density at radius 2 is 2.00 bits per heavy atom. The number of hydrogen-bond donors (Lipinski definition) is 0. The molecule has 0 amide bonds. The zero-order valence-corrected chi connectivity index (χ0v) is 10.7. The standard InChI is InChI=1S/C10H20O3Si/c1-6-7-9(8-10(11)12-2)13-14(3,4)5/h6-7,9H,8H2,1-5H3/b7-6+/t9-/m0/s1. The van der Waals surface area contributed by atoms with Crippen LogP contribution in [0.2, 0.25) is 19.6 Å². The maximum Gasteiger partial charge on any atom is 0.308 e. The van der Waals surface area contributed by atoms with Gasteiger partial charge in [-0.25, -0.2) is 0 Å². The van der Waals surface area contributed by atoms with Crippen LogP contribution in [-0.4, -0.2) is 27.5 Å². The molecule has 0 aliphatic heterocycles. The molecule has 0 N–H and O–H groups in total. The van der Waals surface area contributed by atoms with E-state index in [4.69, 9.17) is 4.43 Å². The predicted octanol–water partition coefficient (Wildman–Crippen LogP) is 2.35. The summed E-state index contributed by atoms with van der Waals surface area (Å²) in [6.45, 7) is 8.21. The zero-order chi connectivity index (χ0) is 11.2. The van der Waals surface area contributed by atoms with Crippen molar-refractivity contribution in [3.05, 3.63) is 12.2 Å². The zero-order valence-electron chi connectivity index (χ0n) is 9.66. The third-order valence-corrected chi connectivity index (χ3v) is 2.52. The lowest BCUT2D eigenvalue weighted by atomic mass is 10.2. The van der Waals surface area contributed by atoms with Crippen LogP contribution in [0.4, 0.5) is 0 Å². The summed E-state index contributed by atoms with van der Waals surface area (Å²) in [6, 6.07) is 0. The van der Waals surface area contributed by atoms with Gasteiger partial charge >= 0.3 is 5.97 Å². The molecule has 0 aromatic carbocycles. The summed E-state index contributed by atoms with van der Waals surface area (Å²) in [4.78, 5) is 11.1. The van der Waals surface area contributed by atoms with Gasteiger partial charge in [0.15, 0.2) is 8.32 Å². The summed E-state index contributed by atoms with van der Waals surface area (Å²) in [7, 11) is -0.204. The number of rotatable bonds is 5. The van der Waals surface area contributed by atoms with Crippen molar-refractivity contribution in [3.8, 4) is 0 Å². The van der Waals surface area contributed by atoms with Gasteiger partial charge < -0.3 is 9.16 Å². The van der Waals surface area contributed by atoms with Crippen molar-refractivity contribution in [2.45, 2.75) is 39.1 Å². The first-order chi connectivity index (χ1) is 6.39. The third-order valence-electron chi connectivity index (χ3n) is 1.51. The highest BCUT2D eigenvalue weighted by Crippen LogP contribution is 2.11. The Balaban J connectivity index is 4.23. The molecule has 0 spiro atoms. The SMILES string of the molecule is C/C=C/[C@@H](CC(=O)OC)O[Si](C)(C)C. The normalized spacial score (nSPS) is 14.4. The van der Waals surface area contributed by atoms with Crippen molar-refractivity contribution in [1.29, 1.82) is 0 Å². The Morgan fingerprint density at radius 1 is 1.43 bits per heavy atom. The molecular weight excluding hydrogens is 196 g/mol. The van der Waals surface area contributed by atoms with Crippen molar-refractivity contribution in [1.82, 2.24) is 0 Å². The fourth-order valence-electron chi connectivity index (χ4n) is 1.07. The van der Waals surface area contributed by atoms with E-state index in [0.29, 0.717) is 6.42 Å². The van der Waals surface area contributed by atoms with Crippen LogP contribution in [0.15, 0.2) is 12.2 Å². The first-order valence-electron chi connectivity index (χ1n) is 4.76. The molecule has 0 radical (unpaired) electrons. The molecule has 1 atom stereocenters. The van der Waals surface area contributed by atoms with E-state index in [9.17, 15) is 4.79 Å². The highest BCUT2D eigenvalue weighted by molar-refractivity contribution is 6.69. The molecule has 3 nitrogen and oxygen atoms in total. The monoisotopic (exact) mass is 216 g/mol. The van der Waals surface area contributed by atoms with Crippen LogP contribution >= 0.6 is 0 Å². The highest BCUT2D eigenvalue weighted by Gasteiger charge is 2.21. The van der Waals surface area contributed by atoms with E-state index >= 15 is 0 Å². The van der Waals surface area contributed by atoms with Gasteiger partial charge in [-0.15, -0.1) is 0 Å². The first-order valence-corrected chi connectivity index (χ1v) is 8.17. The van der Waals surface area contributed by atoms with E-state index in [0.717, 1.165) is 0 Å². The summed E-state index contributed by atoms with van der Waals surface area (Å²) in [5.74, 6) is -0.230. The van der Waals surface area contributed by atoms with E-state index in [-0.39, 0.29) is 12.1 Å². The average molecular weight is 216 g/mol. The molecular formula is C10H20O3Si. The molecule has 0 aromatic rings. The first kappa shape index (κ1) is 13.4. The molecule has 0 aliphatic rings. The van der Waals surface area contributed by atoms with Gasteiger partial charge in [0, 0.05) is 0 Å². The number of carbonyl (C=O) groups excluding carboxylic acids is 1. The van der Waals surface area contributed by atoms with Crippen molar-refractivity contribution in [2.24, 2.45) is 0 Å². The van der Waals surface area contributed by atoms with E-state index in [1.54, 1.807) is 0 Å². The van der Waals surface area contributed by atoms with Crippen LogP contribution in [-0.2, 0) is 14.0 Å². The van der Waals surface area contributed by atoms with Crippen molar-refractivity contribution in [3.63, 3.8) is 0 Å². The van der Waals surface area contributed by atoms with Crippen LogP contribution in [0.25, 0.3) is 0 Å². The van der Waals surface area contributed by atoms with Crippen molar-refractivity contribution < 1.29 is 14.0 Å². The smallest absolute Gasteiger partial charge is 0.308 e. The van der Waals surface area contributed by atoms with Crippen molar-refractivity contribution in [2.75, 3.05) is 7.11 Å². The van der Waals surface area contributed by atoms with E-state index in [1.807, 2.05) is 19.1 Å². The topological polar surface area (TPSA) is 35.5 Å². The minimum Gasteiger partial charge on any atom is -0.469 e. The maximum atomic E-state index is 11.1. The Kier molecular flexibility index (Phi) is 5.72. The Bertz CT molecular complexity index is 206. The third kappa shape index (κ3) is 6.86. The van der Waals surface area contributed by atoms with Crippen LogP contribution in [0.5, 0.6) is 0 Å². The van der Waals surface area contributed by atoms with Gasteiger partial charge in [0.2, 0.25) is 0 Å². The molecule has 0 aliphatic carbocycles. The van der Waals surface area contributed by atoms with Crippen LogP contribution in [0, 0.1) is 0 Å². The Morgan fingerprint density at radius 3 is 2.36 bits per heavy atom. The lowest BCUT2D eigenvalue weighted by Gasteiger charge is -2.23. The molecule has 82 valence electrons. The van der Waals surface area contributed by atoms with E-state index < -0.39 is 8.32 Å². The second-order valence-electron chi connectivity index (χ2n) is 4.07. The highest BCUT2D eigenvalue weighted by atomic mass is 28.4. The number of allylic oxidation sites excluding steroid dienone is 1. The molecule has 0 heterocycles. The predicted molar refractivity (Wildman–Crippen MR) is 59.7 cm³/mol. The Labute approximate surface area is 87.2 Å². The molecule has 0 rings (SSSR count). The van der Waals surface area contributed by atoms with Gasteiger partial charge in [0.25, 0.3) is 0 Å². The fraction of sp³-hybridized carbons (Fsp3) is 0.700. The minimum absolute atomic E-state index is 0.140. The number of hydrogen-bond acceptors (Lipinski definition) is 3. The van der Waals surface area contributed by atoms with Gasteiger partial charge in [-0.3, -0.25) is 4.79 Å². The van der Waals surface area contributed by atoms with Crippen molar-refractivity contribution >= 4 is 14.3 Å². The van der Waals surface area contributed by atoms with E-state index in [1.165, 1.54) is 7.11 Å². The lowest BCUT2D eigenvalue weighted by Crippen LogP contribution is -2.32. The quantitative estimate of drug-likeness (QED) is 0.402. The van der Waals surface area contributed by atoms with Gasteiger partial charge in [-0.05, 0) is 26.6 Å². The summed E-state index contributed by atoms with van der Waals surface area (Å²) in [6.07, 6.45) is 3.95. The van der Waals surface area contributed by atoms with Crippen LogP contribution in [0.3, 0.4) is 0 Å². The lowest BCUT2D eigenvalue weighted by molar-refractivity contribution is -0.141.